The van der Waals surface area contributed by atoms with E-state index in [2.05, 4.69) is 29.6 Å². The molecule has 1 aliphatic rings. The van der Waals surface area contributed by atoms with Gasteiger partial charge in [0, 0.05) is 32.1 Å². The number of ether oxygens (including phenoxy) is 4. The molecule has 0 aliphatic heterocycles. The second kappa shape index (κ2) is 16.8. The van der Waals surface area contributed by atoms with E-state index in [0.717, 1.165) is 39.1 Å². The monoisotopic (exact) mass is 678 g/mol. The molecule has 5 rings (SSSR count). The molecule has 0 heterocycles. The maximum atomic E-state index is 14.7. The highest BCUT2D eigenvalue weighted by molar-refractivity contribution is 5.86. The Hall–Kier alpha value is -4.66. The molecule has 4 aromatic rings. The molecule has 2 amide bonds. The molecule has 8 heteroatoms. The number of nitrogens with one attached hydrogen (secondary N) is 1. The zero-order valence-electron chi connectivity index (χ0n) is 30.1. The SMILES string of the molecule is CCOC(OCC)[C@H](C)N(Cc1ccccc1)C(=O)[C@H](Cc1ccc(OC(C)(C)C)cc1)NC(=O)OCC1c2ccccc2-c2ccccc21. The van der Waals surface area contributed by atoms with Crippen molar-refractivity contribution < 1.29 is 28.5 Å². The molecule has 0 saturated carbocycles. The first kappa shape index (κ1) is 36.6. The first-order valence-electron chi connectivity index (χ1n) is 17.5. The lowest BCUT2D eigenvalue weighted by Crippen LogP contribution is -2.55. The van der Waals surface area contributed by atoms with Crippen molar-refractivity contribution in [2.75, 3.05) is 19.8 Å². The molecule has 1 N–H and O–H groups in total. The Kier molecular flexibility index (Phi) is 12.3. The van der Waals surface area contributed by atoms with Gasteiger partial charge in [0.1, 0.15) is 24.0 Å². The fourth-order valence-corrected chi connectivity index (χ4v) is 6.47. The lowest BCUT2D eigenvalue weighted by Gasteiger charge is -2.36. The van der Waals surface area contributed by atoms with Gasteiger partial charge in [0.2, 0.25) is 5.91 Å². The minimum Gasteiger partial charge on any atom is -0.488 e. The minimum absolute atomic E-state index is 0.106. The van der Waals surface area contributed by atoms with Crippen molar-refractivity contribution in [3.8, 4) is 16.9 Å². The lowest BCUT2D eigenvalue weighted by molar-refractivity contribution is -0.179. The Morgan fingerprint density at radius 1 is 0.760 bits per heavy atom. The van der Waals surface area contributed by atoms with Crippen LogP contribution in [-0.4, -0.2) is 60.7 Å². The maximum absolute atomic E-state index is 14.7. The van der Waals surface area contributed by atoms with E-state index in [-0.39, 0.29) is 30.5 Å². The largest absolute Gasteiger partial charge is 0.488 e. The Labute approximate surface area is 296 Å². The van der Waals surface area contributed by atoms with Crippen LogP contribution in [0.15, 0.2) is 103 Å². The van der Waals surface area contributed by atoms with Crippen LogP contribution in [0, 0.1) is 0 Å². The average molecular weight is 679 g/mol. The summed E-state index contributed by atoms with van der Waals surface area (Å²) in [7, 11) is 0. The maximum Gasteiger partial charge on any atom is 0.407 e. The van der Waals surface area contributed by atoms with Gasteiger partial charge in [0.05, 0.1) is 6.04 Å². The number of fused-ring (bicyclic) bond motifs is 3. The van der Waals surface area contributed by atoms with Gasteiger partial charge in [-0.15, -0.1) is 0 Å². The molecule has 50 heavy (non-hydrogen) atoms. The van der Waals surface area contributed by atoms with Crippen molar-refractivity contribution in [1.29, 1.82) is 0 Å². The average Bonchev–Trinajstić information content (AvgIpc) is 3.43. The van der Waals surface area contributed by atoms with E-state index >= 15 is 0 Å². The number of carbonyl (C=O) groups is 2. The van der Waals surface area contributed by atoms with E-state index in [4.69, 9.17) is 18.9 Å². The fraction of sp³-hybridized carbons (Fsp3) is 0.381. The number of hydrogen-bond acceptors (Lipinski definition) is 6. The van der Waals surface area contributed by atoms with Crippen LogP contribution in [0.5, 0.6) is 5.75 Å². The van der Waals surface area contributed by atoms with Crippen molar-refractivity contribution in [2.45, 2.75) is 84.4 Å². The Bertz CT molecular complexity index is 1650. The summed E-state index contributed by atoms with van der Waals surface area (Å²) in [6.07, 6.45) is -1.07. The van der Waals surface area contributed by atoms with Crippen LogP contribution in [0.2, 0.25) is 0 Å². The van der Waals surface area contributed by atoms with Crippen LogP contribution in [0.4, 0.5) is 4.79 Å². The standard InChI is InChI=1S/C42H50N2O6/c1-7-47-40(48-8-2)29(3)44(27-31-16-10-9-11-17-31)39(45)38(26-30-22-24-32(25-23-30)50-42(4,5)6)43-41(46)49-28-37-35-20-14-12-18-33(35)34-19-13-15-21-36(34)37/h9-25,29,37-38,40H,7-8,26-28H2,1-6H3,(H,43,46)/t29-,38-/m0/s1. The van der Waals surface area contributed by atoms with Crippen LogP contribution >= 0.6 is 0 Å². The van der Waals surface area contributed by atoms with Crippen LogP contribution in [0.1, 0.15) is 69.7 Å². The quantitative estimate of drug-likeness (QED) is 0.128. The molecule has 0 bridgehead atoms. The topological polar surface area (TPSA) is 86.3 Å². The smallest absolute Gasteiger partial charge is 0.407 e. The zero-order chi connectivity index (χ0) is 35.7. The number of hydrogen-bond donors (Lipinski definition) is 1. The summed E-state index contributed by atoms with van der Waals surface area (Å²) in [5.41, 5.74) is 5.99. The van der Waals surface area contributed by atoms with Crippen LogP contribution in [0.25, 0.3) is 11.1 Å². The van der Waals surface area contributed by atoms with E-state index in [1.165, 1.54) is 0 Å². The first-order valence-corrected chi connectivity index (χ1v) is 17.5. The van der Waals surface area contributed by atoms with Crippen LogP contribution < -0.4 is 10.1 Å². The predicted molar refractivity (Wildman–Crippen MR) is 196 cm³/mol. The molecular weight excluding hydrogens is 628 g/mol. The van der Waals surface area contributed by atoms with Gasteiger partial charge in [-0.1, -0.05) is 91.0 Å². The molecule has 0 spiro atoms. The van der Waals surface area contributed by atoms with Gasteiger partial charge in [-0.05, 0) is 87.1 Å². The van der Waals surface area contributed by atoms with E-state index in [0.29, 0.717) is 19.8 Å². The van der Waals surface area contributed by atoms with E-state index in [9.17, 15) is 9.59 Å². The van der Waals surface area contributed by atoms with Crippen molar-refractivity contribution >= 4 is 12.0 Å². The molecule has 4 aromatic carbocycles. The molecule has 8 nitrogen and oxygen atoms in total. The summed E-state index contributed by atoms with van der Waals surface area (Å²) in [6, 6.07) is 32.4. The summed E-state index contributed by atoms with van der Waals surface area (Å²) in [5, 5.41) is 2.95. The van der Waals surface area contributed by atoms with Crippen LogP contribution in [-0.2, 0) is 32.0 Å². The molecule has 0 saturated heterocycles. The van der Waals surface area contributed by atoms with Crippen molar-refractivity contribution in [2.24, 2.45) is 0 Å². The van der Waals surface area contributed by atoms with Crippen molar-refractivity contribution in [1.82, 2.24) is 10.2 Å². The zero-order valence-corrected chi connectivity index (χ0v) is 30.1. The van der Waals surface area contributed by atoms with Gasteiger partial charge in [-0.25, -0.2) is 4.79 Å². The first-order chi connectivity index (χ1) is 24.1. The number of alkyl carbamates (subject to hydrolysis) is 1. The van der Waals surface area contributed by atoms with Crippen LogP contribution in [0.3, 0.4) is 0 Å². The number of carbonyl (C=O) groups excluding carboxylic acids is 2. The fourth-order valence-electron chi connectivity index (χ4n) is 6.47. The van der Waals surface area contributed by atoms with Gasteiger partial charge < -0.3 is 29.2 Å². The number of rotatable bonds is 15. The van der Waals surface area contributed by atoms with Gasteiger partial charge in [0.15, 0.2) is 6.29 Å². The predicted octanol–water partition coefficient (Wildman–Crippen LogP) is 8.13. The summed E-state index contributed by atoms with van der Waals surface area (Å²) in [5.74, 6) is 0.351. The Balaban J connectivity index is 1.41. The number of nitrogens with zero attached hydrogens (tertiary/aromatic N) is 1. The third kappa shape index (κ3) is 9.31. The van der Waals surface area contributed by atoms with Gasteiger partial charge in [-0.2, -0.15) is 0 Å². The van der Waals surface area contributed by atoms with E-state index in [1.54, 1.807) is 4.90 Å². The van der Waals surface area contributed by atoms with Gasteiger partial charge in [-0.3, -0.25) is 4.79 Å². The Morgan fingerprint density at radius 3 is 1.88 bits per heavy atom. The Morgan fingerprint density at radius 2 is 1.32 bits per heavy atom. The van der Waals surface area contributed by atoms with E-state index < -0.39 is 24.5 Å². The normalized spacial score (nSPS) is 13.7. The third-order valence-corrected chi connectivity index (χ3v) is 8.75. The second-order valence-electron chi connectivity index (χ2n) is 13.6. The van der Waals surface area contributed by atoms with Gasteiger partial charge >= 0.3 is 6.09 Å². The molecule has 0 aromatic heterocycles. The summed E-state index contributed by atoms with van der Waals surface area (Å²) in [4.78, 5) is 30.1. The molecule has 264 valence electrons. The highest BCUT2D eigenvalue weighted by atomic mass is 16.7. The molecular formula is C42H50N2O6. The third-order valence-electron chi connectivity index (χ3n) is 8.75. The number of benzene rings is 4. The molecule has 2 atom stereocenters. The van der Waals surface area contributed by atoms with E-state index in [1.807, 2.05) is 120 Å². The van der Waals surface area contributed by atoms with Crippen molar-refractivity contribution in [3.63, 3.8) is 0 Å². The lowest BCUT2D eigenvalue weighted by atomic mass is 9.98. The van der Waals surface area contributed by atoms with Crippen molar-refractivity contribution in [3.05, 3.63) is 125 Å². The summed E-state index contributed by atoms with van der Waals surface area (Å²) in [6.45, 7) is 13.0. The molecule has 0 fully saturated rings. The molecule has 0 radical (unpaired) electrons. The highest BCUT2D eigenvalue weighted by Crippen LogP contribution is 2.44. The minimum atomic E-state index is -0.935. The highest BCUT2D eigenvalue weighted by Gasteiger charge is 2.35. The number of amides is 2. The molecule has 1 aliphatic carbocycles. The second-order valence-corrected chi connectivity index (χ2v) is 13.6. The van der Waals surface area contributed by atoms with Gasteiger partial charge in [0.25, 0.3) is 0 Å². The summed E-state index contributed by atoms with van der Waals surface area (Å²) < 4.78 is 23.9. The summed E-state index contributed by atoms with van der Waals surface area (Å²) >= 11 is 0. The molecule has 0 unspecified atom stereocenters.